The van der Waals surface area contributed by atoms with Crippen LogP contribution in [0.15, 0.2) is 24.3 Å². The van der Waals surface area contributed by atoms with Crippen molar-refractivity contribution in [2.45, 2.75) is 32.0 Å². The van der Waals surface area contributed by atoms with Crippen molar-refractivity contribution >= 4 is 5.97 Å². The number of ether oxygens (including phenoxy) is 2. The molecule has 0 saturated heterocycles. The topological polar surface area (TPSA) is 35.5 Å². The molecule has 1 aromatic carbocycles. The summed E-state index contributed by atoms with van der Waals surface area (Å²) < 4.78 is 47.4. The van der Waals surface area contributed by atoms with Gasteiger partial charge in [0.25, 0.3) is 0 Å². The van der Waals surface area contributed by atoms with Gasteiger partial charge in [0.15, 0.2) is 0 Å². The van der Waals surface area contributed by atoms with Crippen LogP contribution in [0.4, 0.5) is 13.2 Å². The minimum absolute atomic E-state index is 0.279. The van der Waals surface area contributed by atoms with Gasteiger partial charge in [0.05, 0.1) is 12.0 Å². The molecule has 1 rings (SSSR count). The standard InChI is InChI=1S/C13H15F3O3/c1-9(17)19-11-6-4-10(5-7-11)12(2,18-3)8-13(14,15)16/h4-7H,8H2,1-3H3. The number of esters is 1. The largest absolute Gasteiger partial charge is 0.427 e. The van der Waals surface area contributed by atoms with E-state index in [4.69, 9.17) is 9.47 Å². The van der Waals surface area contributed by atoms with Gasteiger partial charge in [0.1, 0.15) is 5.75 Å². The molecule has 1 unspecified atom stereocenters. The van der Waals surface area contributed by atoms with Crippen LogP contribution in [0.2, 0.25) is 0 Å². The second-order valence-electron chi connectivity index (χ2n) is 4.34. The van der Waals surface area contributed by atoms with Gasteiger partial charge in [-0.3, -0.25) is 4.79 Å². The number of carbonyl (C=O) groups excluding carboxylic acids is 1. The average Bonchev–Trinajstić information content (AvgIpc) is 2.26. The van der Waals surface area contributed by atoms with E-state index in [0.29, 0.717) is 5.56 Å². The van der Waals surface area contributed by atoms with Gasteiger partial charge in [0.2, 0.25) is 0 Å². The fourth-order valence-corrected chi connectivity index (χ4v) is 1.72. The molecular formula is C13H15F3O3. The maximum absolute atomic E-state index is 12.5. The third-order valence-corrected chi connectivity index (χ3v) is 2.71. The zero-order valence-corrected chi connectivity index (χ0v) is 10.9. The Bertz CT molecular complexity index is 439. The van der Waals surface area contributed by atoms with Crippen molar-refractivity contribution in [3.63, 3.8) is 0 Å². The van der Waals surface area contributed by atoms with E-state index < -0.39 is 24.2 Å². The number of rotatable bonds is 4. The first-order valence-electron chi connectivity index (χ1n) is 5.57. The maximum atomic E-state index is 12.5. The number of halogens is 3. The van der Waals surface area contributed by atoms with Crippen molar-refractivity contribution in [1.82, 2.24) is 0 Å². The predicted molar refractivity (Wildman–Crippen MR) is 62.8 cm³/mol. The molecular weight excluding hydrogens is 261 g/mol. The second-order valence-corrected chi connectivity index (χ2v) is 4.34. The van der Waals surface area contributed by atoms with Crippen LogP contribution in [0.3, 0.4) is 0 Å². The lowest BCUT2D eigenvalue weighted by Gasteiger charge is -2.29. The Morgan fingerprint density at radius 3 is 2.11 bits per heavy atom. The second kappa shape index (κ2) is 5.61. The monoisotopic (exact) mass is 276 g/mol. The average molecular weight is 276 g/mol. The molecule has 0 bridgehead atoms. The van der Waals surface area contributed by atoms with Crippen molar-refractivity contribution in [3.8, 4) is 5.75 Å². The van der Waals surface area contributed by atoms with Gasteiger partial charge in [-0.25, -0.2) is 0 Å². The Labute approximate surface area is 109 Å². The van der Waals surface area contributed by atoms with E-state index in [1.54, 1.807) is 0 Å². The van der Waals surface area contributed by atoms with Crippen molar-refractivity contribution < 1.29 is 27.4 Å². The molecule has 19 heavy (non-hydrogen) atoms. The first-order valence-corrected chi connectivity index (χ1v) is 5.57. The molecule has 3 nitrogen and oxygen atoms in total. The van der Waals surface area contributed by atoms with Crippen LogP contribution >= 0.6 is 0 Å². The summed E-state index contributed by atoms with van der Waals surface area (Å²) in [4.78, 5) is 10.7. The summed E-state index contributed by atoms with van der Waals surface area (Å²) in [5.74, 6) is -0.209. The minimum Gasteiger partial charge on any atom is -0.427 e. The van der Waals surface area contributed by atoms with Crippen molar-refractivity contribution in [3.05, 3.63) is 29.8 Å². The summed E-state index contributed by atoms with van der Waals surface area (Å²) in [6.07, 6.45) is -5.43. The summed E-state index contributed by atoms with van der Waals surface area (Å²) in [5.41, 5.74) is -1.10. The van der Waals surface area contributed by atoms with E-state index in [-0.39, 0.29) is 5.75 Å². The highest BCUT2D eigenvalue weighted by molar-refractivity contribution is 5.69. The van der Waals surface area contributed by atoms with E-state index in [2.05, 4.69) is 0 Å². The molecule has 0 saturated carbocycles. The third-order valence-electron chi connectivity index (χ3n) is 2.71. The minimum atomic E-state index is -4.33. The SMILES string of the molecule is COC(C)(CC(F)(F)F)c1ccc(OC(C)=O)cc1. The lowest BCUT2D eigenvalue weighted by atomic mass is 9.92. The van der Waals surface area contributed by atoms with E-state index in [1.807, 2.05) is 0 Å². The molecule has 6 heteroatoms. The Morgan fingerprint density at radius 2 is 1.74 bits per heavy atom. The first kappa shape index (κ1) is 15.5. The molecule has 0 aromatic heterocycles. The van der Waals surface area contributed by atoms with Gasteiger partial charge in [-0.1, -0.05) is 12.1 Å². The molecule has 0 amide bonds. The number of hydrogen-bond donors (Lipinski definition) is 0. The van der Waals surface area contributed by atoms with Crippen molar-refractivity contribution in [2.75, 3.05) is 7.11 Å². The van der Waals surface area contributed by atoms with E-state index in [1.165, 1.54) is 45.2 Å². The summed E-state index contributed by atoms with van der Waals surface area (Å²) in [5, 5.41) is 0. The van der Waals surface area contributed by atoms with Crippen molar-refractivity contribution in [1.29, 1.82) is 0 Å². The summed E-state index contributed by atoms with van der Waals surface area (Å²) in [6, 6.07) is 5.77. The molecule has 0 radical (unpaired) electrons. The number of benzene rings is 1. The van der Waals surface area contributed by atoms with Crippen LogP contribution in [-0.2, 0) is 15.1 Å². The summed E-state index contributed by atoms with van der Waals surface area (Å²) in [7, 11) is 1.23. The maximum Gasteiger partial charge on any atom is 0.392 e. The Kier molecular flexibility index (Phi) is 4.57. The van der Waals surface area contributed by atoms with Gasteiger partial charge >= 0.3 is 12.1 Å². The van der Waals surface area contributed by atoms with Crippen LogP contribution in [0.25, 0.3) is 0 Å². The number of methoxy groups -OCH3 is 1. The van der Waals surface area contributed by atoms with Gasteiger partial charge in [-0.05, 0) is 24.6 Å². The molecule has 1 aromatic rings. The Hall–Kier alpha value is -1.56. The molecule has 106 valence electrons. The fourth-order valence-electron chi connectivity index (χ4n) is 1.72. The Balaban J connectivity index is 2.96. The highest BCUT2D eigenvalue weighted by Gasteiger charge is 2.40. The predicted octanol–water partition coefficient (Wildman–Crippen LogP) is 3.43. The van der Waals surface area contributed by atoms with Crippen LogP contribution in [0.5, 0.6) is 5.75 Å². The lowest BCUT2D eigenvalue weighted by molar-refractivity contribution is -0.181. The quantitative estimate of drug-likeness (QED) is 0.624. The van der Waals surface area contributed by atoms with Gasteiger partial charge in [0, 0.05) is 14.0 Å². The zero-order chi connectivity index (χ0) is 14.7. The lowest BCUT2D eigenvalue weighted by Crippen LogP contribution is -2.31. The smallest absolute Gasteiger partial charge is 0.392 e. The number of alkyl halides is 3. The fraction of sp³-hybridized carbons (Fsp3) is 0.462. The number of hydrogen-bond acceptors (Lipinski definition) is 3. The van der Waals surface area contributed by atoms with Crippen LogP contribution < -0.4 is 4.74 Å². The third kappa shape index (κ3) is 4.55. The summed E-state index contributed by atoms with van der Waals surface area (Å²) >= 11 is 0. The normalized spacial score (nSPS) is 14.8. The Morgan fingerprint density at radius 1 is 1.21 bits per heavy atom. The highest BCUT2D eigenvalue weighted by atomic mass is 19.4. The molecule has 0 aliphatic heterocycles. The van der Waals surface area contributed by atoms with Crippen LogP contribution in [0.1, 0.15) is 25.8 Å². The van der Waals surface area contributed by atoms with E-state index in [0.717, 1.165) is 0 Å². The summed E-state index contributed by atoms with van der Waals surface area (Å²) in [6.45, 7) is 2.61. The number of carbonyl (C=O) groups is 1. The molecule has 0 heterocycles. The molecule has 0 aliphatic carbocycles. The van der Waals surface area contributed by atoms with Gasteiger partial charge in [-0.15, -0.1) is 0 Å². The van der Waals surface area contributed by atoms with Gasteiger partial charge in [-0.2, -0.15) is 13.2 Å². The highest BCUT2D eigenvalue weighted by Crippen LogP contribution is 2.37. The first-order chi connectivity index (χ1) is 8.66. The van der Waals surface area contributed by atoms with Crippen LogP contribution in [-0.4, -0.2) is 19.3 Å². The molecule has 0 N–H and O–H groups in total. The van der Waals surface area contributed by atoms with Crippen molar-refractivity contribution in [2.24, 2.45) is 0 Å². The molecule has 1 atom stereocenters. The zero-order valence-electron chi connectivity index (χ0n) is 10.9. The van der Waals surface area contributed by atoms with Gasteiger partial charge < -0.3 is 9.47 Å². The van der Waals surface area contributed by atoms with E-state index in [9.17, 15) is 18.0 Å². The molecule has 0 fully saturated rings. The van der Waals surface area contributed by atoms with Crippen LogP contribution in [0, 0.1) is 0 Å². The van der Waals surface area contributed by atoms with E-state index >= 15 is 0 Å². The molecule has 0 aliphatic rings. The molecule has 0 spiro atoms.